The molecule has 15 heavy (non-hydrogen) atoms. The van der Waals surface area contributed by atoms with Crippen molar-refractivity contribution in [3.8, 4) is 0 Å². The molecule has 0 spiro atoms. The van der Waals surface area contributed by atoms with Crippen LogP contribution in [0.1, 0.15) is 10.4 Å². The van der Waals surface area contributed by atoms with Crippen molar-refractivity contribution in [3.05, 3.63) is 33.8 Å². The van der Waals surface area contributed by atoms with Gasteiger partial charge in [-0.25, -0.2) is 10.3 Å². The molecule has 1 aromatic carbocycles. The minimum absolute atomic E-state index is 0.0277. The average Bonchev–Trinajstić information content (AvgIpc) is 2.16. The van der Waals surface area contributed by atoms with Gasteiger partial charge >= 0.3 is 0 Å². The SMILES string of the molecule is COCONC(=O)c1cc(Cl)cc(Cl)c1. The molecule has 0 heterocycles. The zero-order chi connectivity index (χ0) is 11.3. The first-order valence-corrected chi connectivity index (χ1v) is 4.76. The summed E-state index contributed by atoms with van der Waals surface area (Å²) in [6.07, 6.45) is 0. The molecule has 1 rings (SSSR count). The minimum Gasteiger partial charge on any atom is -0.356 e. The monoisotopic (exact) mass is 249 g/mol. The van der Waals surface area contributed by atoms with E-state index in [0.717, 1.165) is 0 Å². The fraction of sp³-hybridized carbons (Fsp3) is 0.222. The smallest absolute Gasteiger partial charge is 0.275 e. The maximum absolute atomic E-state index is 11.4. The van der Waals surface area contributed by atoms with Crippen LogP contribution >= 0.6 is 23.2 Å². The molecule has 0 fully saturated rings. The fourth-order valence-corrected chi connectivity index (χ4v) is 1.42. The summed E-state index contributed by atoms with van der Waals surface area (Å²) >= 11 is 11.5. The van der Waals surface area contributed by atoms with E-state index in [9.17, 15) is 4.79 Å². The number of rotatable bonds is 4. The molecular formula is C9H9Cl2NO3. The lowest BCUT2D eigenvalue weighted by atomic mass is 10.2. The van der Waals surface area contributed by atoms with E-state index in [4.69, 9.17) is 23.2 Å². The number of hydrogen-bond donors (Lipinski definition) is 1. The van der Waals surface area contributed by atoms with Crippen LogP contribution < -0.4 is 5.48 Å². The fourth-order valence-electron chi connectivity index (χ4n) is 0.898. The van der Waals surface area contributed by atoms with Gasteiger partial charge in [0.2, 0.25) is 0 Å². The predicted octanol–water partition coefficient (Wildman–Crippen LogP) is 2.26. The highest BCUT2D eigenvalue weighted by atomic mass is 35.5. The molecule has 0 aliphatic carbocycles. The Balaban J connectivity index is 2.65. The first kappa shape index (κ1) is 12.3. The predicted molar refractivity (Wildman–Crippen MR) is 56.9 cm³/mol. The summed E-state index contributed by atoms with van der Waals surface area (Å²) in [5, 5.41) is 0.777. The first-order valence-electron chi connectivity index (χ1n) is 4.00. The van der Waals surface area contributed by atoms with E-state index in [-0.39, 0.29) is 6.79 Å². The van der Waals surface area contributed by atoms with Crippen molar-refractivity contribution in [1.82, 2.24) is 5.48 Å². The number of benzene rings is 1. The molecule has 82 valence electrons. The van der Waals surface area contributed by atoms with E-state index in [1.165, 1.54) is 25.3 Å². The van der Waals surface area contributed by atoms with Crippen LogP contribution in [0.4, 0.5) is 0 Å². The third-order valence-electron chi connectivity index (χ3n) is 1.47. The van der Waals surface area contributed by atoms with Crippen molar-refractivity contribution in [2.45, 2.75) is 0 Å². The number of ether oxygens (including phenoxy) is 1. The summed E-state index contributed by atoms with van der Waals surface area (Å²) in [7, 11) is 1.45. The van der Waals surface area contributed by atoms with Crippen LogP contribution in [-0.4, -0.2) is 19.8 Å². The lowest BCUT2D eigenvalue weighted by molar-refractivity contribution is -0.0704. The highest BCUT2D eigenvalue weighted by molar-refractivity contribution is 6.35. The van der Waals surface area contributed by atoms with Crippen molar-refractivity contribution >= 4 is 29.1 Å². The number of halogens is 2. The normalized spacial score (nSPS) is 10.1. The molecule has 0 unspecified atom stereocenters. The molecule has 0 radical (unpaired) electrons. The van der Waals surface area contributed by atoms with Crippen LogP contribution in [0.25, 0.3) is 0 Å². The summed E-state index contributed by atoms with van der Waals surface area (Å²) in [5.41, 5.74) is 2.50. The van der Waals surface area contributed by atoms with Gasteiger partial charge in [0.25, 0.3) is 5.91 Å². The van der Waals surface area contributed by atoms with Gasteiger partial charge in [-0.15, -0.1) is 0 Å². The van der Waals surface area contributed by atoms with Crippen molar-refractivity contribution in [1.29, 1.82) is 0 Å². The number of methoxy groups -OCH3 is 1. The first-order chi connectivity index (χ1) is 7.13. The van der Waals surface area contributed by atoms with E-state index in [2.05, 4.69) is 15.1 Å². The van der Waals surface area contributed by atoms with Gasteiger partial charge in [0.15, 0.2) is 6.79 Å². The zero-order valence-corrected chi connectivity index (χ0v) is 9.43. The summed E-state index contributed by atoms with van der Waals surface area (Å²) in [6.45, 7) is -0.0277. The van der Waals surface area contributed by atoms with Gasteiger partial charge in [0.1, 0.15) is 0 Å². The van der Waals surface area contributed by atoms with Crippen molar-refractivity contribution in [3.63, 3.8) is 0 Å². The molecule has 0 saturated carbocycles. The van der Waals surface area contributed by atoms with Crippen molar-refractivity contribution in [2.75, 3.05) is 13.9 Å². The Morgan fingerprint density at radius 2 is 1.93 bits per heavy atom. The van der Waals surface area contributed by atoms with Gasteiger partial charge < -0.3 is 4.74 Å². The molecule has 0 aliphatic rings. The number of carbonyl (C=O) groups is 1. The van der Waals surface area contributed by atoms with Gasteiger partial charge in [0.05, 0.1) is 0 Å². The van der Waals surface area contributed by atoms with Crippen molar-refractivity contribution in [2.24, 2.45) is 0 Å². The third kappa shape index (κ3) is 4.05. The van der Waals surface area contributed by atoms with E-state index >= 15 is 0 Å². The standard InChI is InChI=1S/C9H9Cl2NO3/c1-14-5-15-12-9(13)6-2-7(10)4-8(11)3-6/h2-4H,5H2,1H3,(H,12,13). The van der Waals surface area contributed by atoms with Gasteiger partial charge in [0, 0.05) is 22.7 Å². The Labute approximate surface area is 97.0 Å². The van der Waals surface area contributed by atoms with Crippen LogP contribution in [0.3, 0.4) is 0 Å². The Bertz CT molecular complexity index is 337. The number of hydroxylamine groups is 1. The average molecular weight is 250 g/mol. The molecule has 1 amide bonds. The van der Waals surface area contributed by atoms with Crippen LogP contribution in [0.2, 0.25) is 10.0 Å². The molecule has 4 nitrogen and oxygen atoms in total. The molecule has 0 aromatic heterocycles. The third-order valence-corrected chi connectivity index (χ3v) is 1.90. The van der Waals surface area contributed by atoms with Crippen molar-refractivity contribution < 1.29 is 14.4 Å². The molecular weight excluding hydrogens is 241 g/mol. The number of amides is 1. The minimum atomic E-state index is -0.434. The second-order valence-electron chi connectivity index (χ2n) is 2.64. The second-order valence-corrected chi connectivity index (χ2v) is 3.51. The number of carbonyl (C=O) groups excluding carboxylic acids is 1. The largest absolute Gasteiger partial charge is 0.356 e. The quantitative estimate of drug-likeness (QED) is 0.506. The second kappa shape index (κ2) is 5.92. The maximum Gasteiger partial charge on any atom is 0.275 e. The molecule has 0 aliphatic heterocycles. The van der Waals surface area contributed by atoms with E-state index in [1.807, 2.05) is 0 Å². The van der Waals surface area contributed by atoms with Crippen LogP contribution in [-0.2, 0) is 9.57 Å². The van der Waals surface area contributed by atoms with Gasteiger partial charge in [-0.3, -0.25) is 4.79 Å². The number of nitrogens with one attached hydrogen (secondary N) is 1. The van der Waals surface area contributed by atoms with Gasteiger partial charge in [-0.2, -0.15) is 0 Å². The lowest BCUT2D eigenvalue weighted by Crippen LogP contribution is -2.24. The maximum atomic E-state index is 11.4. The summed E-state index contributed by atoms with van der Waals surface area (Å²) in [5.74, 6) is -0.434. The molecule has 0 bridgehead atoms. The number of hydrogen-bond acceptors (Lipinski definition) is 3. The van der Waals surface area contributed by atoms with E-state index in [1.54, 1.807) is 0 Å². The summed E-state index contributed by atoms with van der Waals surface area (Å²) in [6, 6.07) is 4.51. The van der Waals surface area contributed by atoms with Crippen LogP contribution in [0, 0.1) is 0 Å². The molecule has 0 saturated heterocycles. The van der Waals surface area contributed by atoms with E-state index in [0.29, 0.717) is 15.6 Å². The zero-order valence-electron chi connectivity index (χ0n) is 7.92. The Morgan fingerprint density at radius 3 is 2.47 bits per heavy atom. The van der Waals surface area contributed by atoms with E-state index < -0.39 is 5.91 Å². The summed E-state index contributed by atoms with van der Waals surface area (Å²) < 4.78 is 4.59. The summed E-state index contributed by atoms with van der Waals surface area (Å²) in [4.78, 5) is 16.1. The Kier molecular flexibility index (Phi) is 4.84. The topological polar surface area (TPSA) is 47.6 Å². The highest BCUT2D eigenvalue weighted by Gasteiger charge is 2.07. The molecule has 0 atom stereocenters. The Morgan fingerprint density at radius 1 is 1.33 bits per heavy atom. The van der Waals surface area contributed by atoms with Gasteiger partial charge in [-0.05, 0) is 18.2 Å². The molecule has 1 N–H and O–H groups in total. The lowest BCUT2D eigenvalue weighted by Gasteiger charge is -2.05. The Hall–Kier alpha value is -0.810. The molecule has 6 heteroatoms. The highest BCUT2D eigenvalue weighted by Crippen LogP contribution is 2.18. The molecule has 1 aromatic rings. The van der Waals surface area contributed by atoms with Gasteiger partial charge in [-0.1, -0.05) is 23.2 Å². The van der Waals surface area contributed by atoms with Crippen LogP contribution in [0.15, 0.2) is 18.2 Å². The van der Waals surface area contributed by atoms with Crippen LogP contribution in [0.5, 0.6) is 0 Å².